The molecule has 144 valence electrons. The minimum atomic E-state index is -0.442. The Hall–Kier alpha value is -2.55. The molecule has 0 radical (unpaired) electrons. The van der Waals surface area contributed by atoms with Gasteiger partial charge in [-0.1, -0.05) is 46.7 Å². The van der Waals surface area contributed by atoms with Crippen molar-refractivity contribution in [2.24, 2.45) is 0 Å². The van der Waals surface area contributed by atoms with Gasteiger partial charge in [-0.2, -0.15) is 0 Å². The summed E-state index contributed by atoms with van der Waals surface area (Å²) in [5.74, 6) is 1.00. The molecule has 0 fully saturated rings. The quantitative estimate of drug-likeness (QED) is 0.585. The first kappa shape index (κ1) is 18.8. The Labute approximate surface area is 174 Å². The van der Waals surface area contributed by atoms with Gasteiger partial charge in [0.15, 0.2) is 11.5 Å². The Kier molecular flexibility index (Phi) is 5.25. The summed E-state index contributed by atoms with van der Waals surface area (Å²) in [7, 11) is 0. The zero-order valence-electron chi connectivity index (χ0n) is 14.5. The number of fused-ring (bicyclic) bond motifs is 1. The highest BCUT2D eigenvalue weighted by atomic mass is 35.5. The third kappa shape index (κ3) is 3.84. The number of ether oxygens (including phenoxy) is 2. The van der Waals surface area contributed by atoms with Crippen LogP contribution in [0, 0.1) is 0 Å². The molecule has 1 atom stereocenters. The maximum Gasteiger partial charge on any atom is 0.260 e. The van der Waals surface area contributed by atoms with Gasteiger partial charge in [-0.3, -0.25) is 10.1 Å². The van der Waals surface area contributed by atoms with E-state index in [4.69, 9.17) is 32.7 Å². The van der Waals surface area contributed by atoms with E-state index in [-0.39, 0.29) is 28.4 Å². The molecule has 28 heavy (non-hydrogen) atoms. The second-order valence-corrected chi connectivity index (χ2v) is 7.73. The number of nitrogens with one attached hydrogen (secondary N) is 2. The molecule has 0 spiro atoms. The van der Waals surface area contributed by atoms with Crippen LogP contribution in [0.2, 0.25) is 10.0 Å². The van der Waals surface area contributed by atoms with Gasteiger partial charge in [0.1, 0.15) is 0 Å². The van der Waals surface area contributed by atoms with Crippen LogP contribution in [0.1, 0.15) is 28.9 Å². The van der Waals surface area contributed by atoms with Crippen LogP contribution in [0.3, 0.4) is 0 Å². The van der Waals surface area contributed by atoms with Crippen LogP contribution in [0.4, 0.5) is 10.3 Å². The first-order valence-corrected chi connectivity index (χ1v) is 9.83. The van der Waals surface area contributed by atoms with E-state index in [1.54, 1.807) is 18.2 Å². The van der Waals surface area contributed by atoms with Crippen LogP contribution in [-0.4, -0.2) is 22.9 Å². The number of carbonyl (C=O) groups is 1. The maximum atomic E-state index is 12.4. The van der Waals surface area contributed by atoms with Crippen LogP contribution in [-0.2, 0) is 0 Å². The lowest BCUT2D eigenvalue weighted by Gasteiger charge is -2.13. The smallest absolute Gasteiger partial charge is 0.260 e. The molecule has 0 bridgehead atoms. The lowest BCUT2D eigenvalue weighted by atomic mass is 10.1. The highest BCUT2D eigenvalue weighted by Gasteiger charge is 2.19. The summed E-state index contributed by atoms with van der Waals surface area (Å²) in [6.45, 7) is 2.22. The third-order valence-electron chi connectivity index (χ3n) is 4.07. The number of nitrogens with zero attached hydrogens (tertiary/aromatic N) is 2. The molecule has 2 aromatic carbocycles. The van der Waals surface area contributed by atoms with Crippen molar-refractivity contribution < 1.29 is 14.3 Å². The Balaban J connectivity index is 1.44. The molecule has 7 nitrogen and oxygen atoms in total. The minimum Gasteiger partial charge on any atom is -0.454 e. The molecule has 0 aliphatic carbocycles. The molecule has 1 aromatic heterocycles. The Bertz CT molecular complexity index is 1020. The Morgan fingerprint density at radius 3 is 2.61 bits per heavy atom. The van der Waals surface area contributed by atoms with Crippen molar-refractivity contribution in [3.05, 3.63) is 57.6 Å². The Morgan fingerprint density at radius 1 is 1.11 bits per heavy atom. The molecular formula is C18H14Cl2N4O3S. The van der Waals surface area contributed by atoms with Gasteiger partial charge in [-0.05, 0) is 36.8 Å². The molecule has 1 aliphatic rings. The highest BCUT2D eigenvalue weighted by Crippen LogP contribution is 2.35. The summed E-state index contributed by atoms with van der Waals surface area (Å²) in [4.78, 5) is 12.4. The number of amides is 1. The fourth-order valence-electron chi connectivity index (χ4n) is 2.66. The van der Waals surface area contributed by atoms with Crippen molar-refractivity contribution in [1.82, 2.24) is 10.2 Å². The summed E-state index contributed by atoms with van der Waals surface area (Å²) in [5.41, 5.74) is 1.21. The number of carbonyl (C=O) groups excluding carboxylic acids is 1. The molecule has 1 aliphatic heterocycles. The van der Waals surface area contributed by atoms with E-state index in [1.807, 2.05) is 25.1 Å². The lowest BCUT2D eigenvalue weighted by molar-refractivity contribution is 0.102. The normalized spacial score (nSPS) is 13.2. The van der Waals surface area contributed by atoms with E-state index in [2.05, 4.69) is 20.8 Å². The average Bonchev–Trinajstić information content (AvgIpc) is 3.30. The maximum absolute atomic E-state index is 12.4. The topological polar surface area (TPSA) is 85.4 Å². The van der Waals surface area contributed by atoms with Crippen LogP contribution in [0.25, 0.3) is 0 Å². The van der Waals surface area contributed by atoms with E-state index < -0.39 is 5.91 Å². The molecule has 2 heterocycles. The fourth-order valence-corrected chi connectivity index (χ4v) is 3.95. The molecule has 2 N–H and O–H groups in total. The van der Waals surface area contributed by atoms with E-state index >= 15 is 0 Å². The van der Waals surface area contributed by atoms with Crippen molar-refractivity contribution in [1.29, 1.82) is 0 Å². The molecule has 1 unspecified atom stereocenters. The molecule has 3 aromatic rings. The van der Waals surface area contributed by atoms with Crippen molar-refractivity contribution in [3.63, 3.8) is 0 Å². The van der Waals surface area contributed by atoms with Gasteiger partial charge in [-0.25, -0.2) is 0 Å². The standard InChI is InChI=1S/C18H14Cl2N4O3S/c1-9(10-5-6-13-14(7-10)27-8-26-13)21-17-23-24-18(28-17)22-16(25)15-11(19)3-2-4-12(15)20/h2-7,9H,8H2,1H3,(H,21,23)(H,22,24,25). The van der Waals surface area contributed by atoms with Crippen molar-refractivity contribution in [3.8, 4) is 11.5 Å². The summed E-state index contributed by atoms with van der Waals surface area (Å²) in [5, 5.41) is 15.4. The van der Waals surface area contributed by atoms with Gasteiger partial charge >= 0.3 is 0 Å². The van der Waals surface area contributed by atoms with Crippen molar-refractivity contribution in [2.45, 2.75) is 13.0 Å². The Morgan fingerprint density at radius 2 is 1.82 bits per heavy atom. The van der Waals surface area contributed by atoms with Gasteiger partial charge < -0.3 is 14.8 Å². The molecule has 0 saturated heterocycles. The molecule has 10 heteroatoms. The van der Waals surface area contributed by atoms with Crippen molar-refractivity contribution >= 4 is 50.7 Å². The van der Waals surface area contributed by atoms with Crippen LogP contribution >= 0.6 is 34.5 Å². The van der Waals surface area contributed by atoms with Crippen LogP contribution in [0.15, 0.2) is 36.4 Å². The second-order valence-electron chi connectivity index (χ2n) is 5.94. The number of halogens is 2. The van der Waals surface area contributed by atoms with E-state index in [0.29, 0.717) is 16.0 Å². The van der Waals surface area contributed by atoms with Gasteiger partial charge in [0.25, 0.3) is 5.91 Å². The summed E-state index contributed by atoms with van der Waals surface area (Å²) in [6, 6.07) is 10.6. The molecule has 0 saturated carbocycles. The highest BCUT2D eigenvalue weighted by molar-refractivity contribution is 7.19. The first-order chi connectivity index (χ1) is 13.5. The van der Waals surface area contributed by atoms with E-state index in [9.17, 15) is 4.79 Å². The molecule has 1 amide bonds. The number of anilines is 2. The predicted octanol–water partition coefficient (Wildman–Crippen LogP) is 5.00. The lowest BCUT2D eigenvalue weighted by Crippen LogP contribution is -2.12. The minimum absolute atomic E-state index is 0.0518. The van der Waals surface area contributed by atoms with E-state index in [0.717, 1.165) is 11.3 Å². The third-order valence-corrected chi connectivity index (χ3v) is 5.47. The average molecular weight is 437 g/mol. The fraction of sp³-hybridized carbons (Fsp3) is 0.167. The van der Waals surface area contributed by atoms with Crippen molar-refractivity contribution in [2.75, 3.05) is 17.4 Å². The summed E-state index contributed by atoms with van der Waals surface area (Å²) < 4.78 is 10.7. The largest absolute Gasteiger partial charge is 0.454 e. The van der Waals surface area contributed by atoms with Gasteiger partial charge in [-0.15, -0.1) is 10.2 Å². The van der Waals surface area contributed by atoms with Gasteiger partial charge in [0.2, 0.25) is 17.1 Å². The first-order valence-electron chi connectivity index (χ1n) is 8.26. The van der Waals surface area contributed by atoms with Crippen LogP contribution < -0.4 is 20.1 Å². The van der Waals surface area contributed by atoms with Gasteiger partial charge in [0.05, 0.1) is 21.7 Å². The number of rotatable bonds is 5. The number of benzene rings is 2. The van der Waals surface area contributed by atoms with Crippen LogP contribution in [0.5, 0.6) is 11.5 Å². The SMILES string of the molecule is CC(Nc1nnc(NC(=O)c2c(Cl)cccc2Cl)s1)c1ccc2c(c1)OCO2. The van der Waals surface area contributed by atoms with E-state index in [1.165, 1.54) is 11.3 Å². The number of hydrogen-bond acceptors (Lipinski definition) is 7. The number of hydrogen-bond donors (Lipinski definition) is 2. The zero-order chi connectivity index (χ0) is 19.7. The van der Waals surface area contributed by atoms with Gasteiger partial charge in [0, 0.05) is 0 Å². The number of aromatic nitrogens is 2. The predicted molar refractivity (Wildman–Crippen MR) is 109 cm³/mol. The second kappa shape index (κ2) is 7.83. The monoisotopic (exact) mass is 436 g/mol. The molecular weight excluding hydrogens is 423 g/mol. The zero-order valence-corrected chi connectivity index (χ0v) is 16.9. The summed E-state index contributed by atoms with van der Waals surface area (Å²) in [6.07, 6.45) is 0. The molecule has 4 rings (SSSR count). The summed E-state index contributed by atoms with van der Waals surface area (Å²) >= 11 is 13.3.